The molecule has 0 aliphatic heterocycles. The lowest BCUT2D eigenvalue weighted by molar-refractivity contribution is -0.138. The number of hydrogen-bond donors (Lipinski definition) is 1. The van der Waals surface area contributed by atoms with Gasteiger partial charge >= 0.3 is 18.1 Å². The van der Waals surface area contributed by atoms with Crippen molar-refractivity contribution < 1.29 is 32.2 Å². The number of ether oxygens (including phenoxy) is 2. The second-order valence-electron chi connectivity index (χ2n) is 5.35. The summed E-state index contributed by atoms with van der Waals surface area (Å²) in [4.78, 5) is 26.6. The van der Waals surface area contributed by atoms with Crippen LogP contribution in [0.4, 0.5) is 13.2 Å². The maximum absolute atomic E-state index is 12.9. The van der Waals surface area contributed by atoms with Gasteiger partial charge in [0.25, 0.3) is 0 Å². The second-order valence-corrected chi connectivity index (χ2v) is 5.35. The number of aryl methyl sites for hydroxylation is 1. The predicted octanol–water partition coefficient (Wildman–Crippen LogP) is 3.79. The first-order chi connectivity index (χ1) is 11.7. The van der Waals surface area contributed by atoms with Gasteiger partial charge in [0, 0.05) is 11.3 Å². The van der Waals surface area contributed by atoms with Crippen LogP contribution in [-0.2, 0) is 22.3 Å². The molecule has 134 valence electrons. The number of esters is 2. The van der Waals surface area contributed by atoms with Crippen LogP contribution in [0.2, 0.25) is 0 Å². The largest absolute Gasteiger partial charge is 0.465 e. The monoisotopic (exact) mass is 355 g/mol. The van der Waals surface area contributed by atoms with Crippen molar-refractivity contribution >= 4 is 11.9 Å². The van der Waals surface area contributed by atoms with Gasteiger partial charge in [-0.3, -0.25) is 0 Å². The molecule has 1 aromatic carbocycles. The lowest BCUT2D eigenvalue weighted by Crippen LogP contribution is -2.13. The van der Waals surface area contributed by atoms with Crippen LogP contribution in [0.1, 0.15) is 43.2 Å². The van der Waals surface area contributed by atoms with Gasteiger partial charge < -0.3 is 14.5 Å². The van der Waals surface area contributed by atoms with E-state index in [1.807, 2.05) is 0 Å². The third kappa shape index (κ3) is 3.84. The zero-order valence-electron chi connectivity index (χ0n) is 13.8. The molecule has 2 aromatic rings. The molecule has 8 heteroatoms. The number of carbonyl (C=O) groups excluding carboxylic acids is 2. The molecule has 0 saturated carbocycles. The Kier molecular flexibility index (Phi) is 5.20. The maximum Gasteiger partial charge on any atom is 0.416 e. The number of H-pyrrole nitrogens is 1. The predicted molar refractivity (Wildman–Crippen MR) is 82.2 cm³/mol. The van der Waals surface area contributed by atoms with Crippen LogP contribution in [0.15, 0.2) is 24.3 Å². The van der Waals surface area contributed by atoms with Crippen molar-refractivity contribution in [2.75, 3.05) is 7.11 Å². The number of alkyl halides is 3. The Balaban J connectivity index is 2.22. The van der Waals surface area contributed by atoms with E-state index in [0.29, 0.717) is 11.3 Å². The quantitative estimate of drug-likeness (QED) is 0.847. The minimum Gasteiger partial charge on any atom is -0.465 e. The van der Waals surface area contributed by atoms with Gasteiger partial charge in [0.1, 0.15) is 12.3 Å². The molecule has 0 unspecified atom stereocenters. The van der Waals surface area contributed by atoms with Crippen LogP contribution >= 0.6 is 0 Å². The van der Waals surface area contributed by atoms with Crippen LogP contribution in [0.3, 0.4) is 0 Å². The fourth-order valence-electron chi connectivity index (χ4n) is 2.50. The minimum atomic E-state index is -4.54. The van der Waals surface area contributed by atoms with Gasteiger partial charge in [0.05, 0.1) is 18.2 Å². The smallest absolute Gasteiger partial charge is 0.416 e. The Labute approximate surface area is 141 Å². The summed E-state index contributed by atoms with van der Waals surface area (Å²) in [6.07, 6.45) is -4.54. The zero-order valence-corrected chi connectivity index (χ0v) is 13.8. The molecule has 0 saturated heterocycles. The van der Waals surface area contributed by atoms with Crippen molar-refractivity contribution in [1.82, 2.24) is 4.98 Å². The number of benzene rings is 1. The number of carbonyl (C=O) groups is 2. The van der Waals surface area contributed by atoms with Gasteiger partial charge in [-0.05, 0) is 25.5 Å². The van der Waals surface area contributed by atoms with Gasteiger partial charge in [-0.2, -0.15) is 13.2 Å². The average molecular weight is 355 g/mol. The number of halogens is 3. The van der Waals surface area contributed by atoms with Crippen molar-refractivity contribution in [2.45, 2.75) is 26.6 Å². The van der Waals surface area contributed by atoms with E-state index >= 15 is 0 Å². The van der Waals surface area contributed by atoms with E-state index in [9.17, 15) is 22.8 Å². The summed E-state index contributed by atoms with van der Waals surface area (Å²) in [7, 11) is 1.21. The number of hydrogen-bond acceptors (Lipinski definition) is 4. The fourth-order valence-corrected chi connectivity index (χ4v) is 2.50. The topological polar surface area (TPSA) is 68.4 Å². The van der Waals surface area contributed by atoms with E-state index in [2.05, 4.69) is 9.72 Å². The molecule has 25 heavy (non-hydrogen) atoms. The van der Waals surface area contributed by atoms with Crippen molar-refractivity contribution in [1.29, 1.82) is 0 Å². The molecule has 0 atom stereocenters. The van der Waals surface area contributed by atoms with Crippen LogP contribution in [0, 0.1) is 13.8 Å². The Hall–Kier alpha value is -2.77. The molecule has 5 nitrogen and oxygen atoms in total. The maximum atomic E-state index is 12.9. The van der Waals surface area contributed by atoms with Gasteiger partial charge in [0.15, 0.2) is 0 Å². The van der Waals surface area contributed by atoms with Crippen molar-refractivity contribution in [2.24, 2.45) is 0 Å². The standard InChI is InChI=1S/C17H16F3NO4/c1-9-13(15(22)24-3)10(2)21-14(9)16(23)25-8-11-6-4-5-7-12(11)17(18,19)20/h4-7,21H,8H2,1-3H3. The lowest BCUT2D eigenvalue weighted by Gasteiger charge is -2.12. The Bertz CT molecular complexity index is 809. The molecule has 0 spiro atoms. The summed E-state index contributed by atoms with van der Waals surface area (Å²) in [5, 5.41) is 0. The lowest BCUT2D eigenvalue weighted by atomic mass is 10.1. The highest BCUT2D eigenvalue weighted by Crippen LogP contribution is 2.32. The molecule has 2 rings (SSSR count). The third-order valence-corrected chi connectivity index (χ3v) is 3.71. The minimum absolute atomic E-state index is 0.00221. The van der Waals surface area contributed by atoms with E-state index in [4.69, 9.17) is 4.74 Å². The number of rotatable bonds is 4. The molecule has 0 amide bonds. The summed E-state index contributed by atoms with van der Waals surface area (Å²) in [6.45, 7) is 2.56. The first-order valence-electron chi connectivity index (χ1n) is 7.26. The molecule has 1 aromatic heterocycles. The molecular formula is C17H16F3NO4. The molecule has 0 radical (unpaired) electrons. The summed E-state index contributed by atoms with van der Waals surface area (Å²) >= 11 is 0. The molecular weight excluding hydrogens is 339 g/mol. The van der Waals surface area contributed by atoms with Gasteiger partial charge in [-0.25, -0.2) is 9.59 Å². The van der Waals surface area contributed by atoms with Crippen LogP contribution in [0.25, 0.3) is 0 Å². The van der Waals surface area contributed by atoms with E-state index in [-0.39, 0.29) is 16.8 Å². The summed E-state index contributed by atoms with van der Waals surface area (Å²) in [5.41, 5.74) is -0.0899. The van der Waals surface area contributed by atoms with E-state index in [0.717, 1.165) is 6.07 Å². The Morgan fingerprint density at radius 2 is 1.76 bits per heavy atom. The fraction of sp³-hybridized carbons (Fsp3) is 0.294. The van der Waals surface area contributed by atoms with Crippen molar-refractivity contribution in [3.05, 3.63) is 57.9 Å². The Morgan fingerprint density at radius 3 is 2.36 bits per heavy atom. The molecule has 1 N–H and O–H groups in total. The van der Waals surface area contributed by atoms with Gasteiger partial charge in [0.2, 0.25) is 0 Å². The summed E-state index contributed by atoms with van der Waals surface area (Å²) < 4.78 is 48.5. The number of aromatic nitrogens is 1. The second kappa shape index (κ2) is 7.00. The molecule has 0 aliphatic carbocycles. The van der Waals surface area contributed by atoms with Gasteiger partial charge in [-0.1, -0.05) is 18.2 Å². The molecule has 0 aliphatic rings. The van der Waals surface area contributed by atoms with Crippen LogP contribution in [0.5, 0.6) is 0 Å². The zero-order chi connectivity index (χ0) is 18.8. The van der Waals surface area contributed by atoms with E-state index in [1.54, 1.807) is 6.92 Å². The van der Waals surface area contributed by atoms with E-state index in [1.165, 1.54) is 32.2 Å². The summed E-state index contributed by atoms with van der Waals surface area (Å²) in [6, 6.07) is 4.85. The van der Waals surface area contributed by atoms with E-state index < -0.39 is 30.3 Å². The summed E-state index contributed by atoms with van der Waals surface area (Å²) in [5.74, 6) is -1.47. The number of methoxy groups -OCH3 is 1. The third-order valence-electron chi connectivity index (χ3n) is 3.71. The Morgan fingerprint density at radius 1 is 1.12 bits per heavy atom. The van der Waals surface area contributed by atoms with Crippen molar-refractivity contribution in [3.63, 3.8) is 0 Å². The first-order valence-corrected chi connectivity index (χ1v) is 7.26. The first kappa shape index (κ1) is 18.6. The van der Waals surface area contributed by atoms with Crippen LogP contribution < -0.4 is 0 Å². The number of aromatic amines is 1. The highest BCUT2D eigenvalue weighted by Gasteiger charge is 2.33. The normalized spacial score (nSPS) is 11.3. The highest BCUT2D eigenvalue weighted by atomic mass is 19.4. The molecule has 1 heterocycles. The number of nitrogens with one attached hydrogen (secondary N) is 1. The SMILES string of the molecule is COC(=O)c1c(C)[nH]c(C(=O)OCc2ccccc2C(F)(F)F)c1C. The molecule has 0 fully saturated rings. The van der Waals surface area contributed by atoms with Gasteiger partial charge in [-0.15, -0.1) is 0 Å². The highest BCUT2D eigenvalue weighted by molar-refractivity contribution is 5.98. The average Bonchev–Trinajstić information content (AvgIpc) is 2.86. The van der Waals surface area contributed by atoms with Crippen LogP contribution in [-0.4, -0.2) is 24.0 Å². The molecule has 0 bridgehead atoms. The van der Waals surface area contributed by atoms with Crippen molar-refractivity contribution in [3.8, 4) is 0 Å².